The summed E-state index contributed by atoms with van der Waals surface area (Å²) in [5.74, 6) is -0.735. The van der Waals surface area contributed by atoms with Crippen molar-refractivity contribution in [2.24, 2.45) is 0 Å². The van der Waals surface area contributed by atoms with Gasteiger partial charge in [0.25, 0.3) is 5.91 Å². The summed E-state index contributed by atoms with van der Waals surface area (Å²) < 4.78 is 4.86. The Morgan fingerprint density at radius 2 is 1.93 bits per heavy atom. The van der Waals surface area contributed by atoms with Crippen LogP contribution >= 0.6 is 0 Å². The lowest BCUT2D eigenvalue weighted by atomic mass is 10.2. The molecule has 1 amide bonds. The molecule has 1 N–H and O–H groups in total. The molecule has 15 heavy (non-hydrogen) atoms. The second-order valence-corrected chi connectivity index (χ2v) is 2.73. The molecule has 0 spiro atoms. The Kier molecular flexibility index (Phi) is 3.82. The van der Waals surface area contributed by atoms with Crippen molar-refractivity contribution in [2.75, 3.05) is 7.11 Å². The van der Waals surface area contributed by atoms with Gasteiger partial charge in [-0.25, -0.2) is 5.48 Å². The normalized spacial score (nSPS) is 9.47. The van der Waals surface area contributed by atoms with Gasteiger partial charge in [0, 0.05) is 6.92 Å². The standard InChI is InChI=1S/C10H11NO4/c1-7(12)15-9-6-4-3-5-8(9)10(13)11-14-2/h3-6H,1-2H3,(H,11,13). The summed E-state index contributed by atoms with van der Waals surface area (Å²) in [6, 6.07) is 6.40. The van der Waals surface area contributed by atoms with Gasteiger partial charge in [0.15, 0.2) is 0 Å². The molecule has 5 nitrogen and oxygen atoms in total. The largest absolute Gasteiger partial charge is 0.426 e. The van der Waals surface area contributed by atoms with Crippen LogP contribution in [0.4, 0.5) is 0 Å². The van der Waals surface area contributed by atoms with Crippen molar-refractivity contribution in [3.05, 3.63) is 29.8 Å². The smallest absolute Gasteiger partial charge is 0.308 e. The van der Waals surface area contributed by atoms with Crippen molar-refractivity contribution in [1.29, 1.82) is 0 Å². The van der Waals surface area contributed by atoms with Crippen LogP contribution in [0.2, 0.25) is 0 Å². The predicted octanol–water partition coefficient (Wildman–Crippen LogP) is 0.903. The third kappa shape index (κ3) is 3.07. The first-order valence-electron chi connectivity index (χ1n) is 4.26. The Bertz CT molecular complexity index is 375. The Labute approximate surface area is 86.9 Å². The number of ether oxygens (including phenoxy) is 1. The van der Waals surface area contributed by atoms with E-state index in [1.807, 2.05) is 0 Å². The number of hydrogen-bond acceptors (Lipinski definition) is 4. The lowest BCUT2D eigenvalue weighted by Gasteiger charge is -2.07. The van der Waals surface area contributed by atoms with Gasteiger partial charge in [-0.3, -0.25) is 14.4 Å². The lowest BCUT2D eigenvalue weighted by molar-refractivity contribution is -0.131. The fourth-order valence-corrected chi connectivity index (χ4v) is 1.05. The molecule has 1 aromatic carbocycles. The summed E-state index contributed by atoms with van der Waals surface area (Å²) in [7, 11) is 1.33. The predicted molar refractivity (Wildman–Crippen MR) is 52.2 cm³/mol. The van der Waals surface area contributed by atoms with Gasteiger partial charge in [-0.15, -0.1) is 0 Å². The quantitative estimate of drug-likeness (QED) is 0.456. The summed E-state index contributed by atoms with van der Waals surface area (Å²) in [6.45, 7) is 1.27. The minimum atomic E-state index is -0.479. The molecule has 0 saturated carbocycles. The molecule has 0 aliphatic rings. The van der Waals surface area contributed by atoms with Crippen LogP contribution in [0, 0.1) is 0 Å². The maximum atomic E-state index is 11.4. The van der Waals surface area contributed by atoms with Crippen LogP contribution < -0.4 is 10.2 Å². The van der Waals surface area contributed by atoms with Gasteiger partial charge in [0.05, 0.1) is 12.7 Å². The Balaban J connectivity index is 2.95. The number of carbonyl (C=O) groups excluding carboxylic acids is 2. The molecule has 1 rings (SSSR count). The number of rotatable bonds is 3. The van der Waals surface area contributed by atoms with E-state index in [2.05, 4.69) is 10.3 Å². The molecular formula is C10H11NO4. The fraction of sp³-hybridized carbons (Fsp3) is 0.200. The van der Waals surface area contributed by atoms with Crippen LogP contribution in [-0.4, -0.2) is 19.0 Å². The first kappa shape index (κ1) is 11.2. The molecule has 5 heteroatoms. The molecule has 0 radical (unpaired) electrons. The first-order valence-corrected chi connectivity index (χ1v) is 4.26. The highest BCUT2D eigenvalue weighted by atomic mass is 16.6. The van der Waals surface area contributed by atoms with Gasteiger partial charge in [-0.1, -0.05) is 12.1 Å². The van der Waals surface area contributed by atoms with E-state index in [0.29, 0.717) is 0 Å². The minimum absolute atomic E-state index is 0.208. The van der Waals surface area contributed by atoms with Crippen LogP contribution in [0.3, 0.4) is 0 Å². The maximum Gasteiger partial charge on any atom is 0.308 e. The van der Waals surface area contributed by atoms with E-state index < -0.39 is 11.9 Å². The van der Waals surface area contributed by atoms with E-state index in [1.165, 1.54) is 26.2 Å². The second kappa shape index (κ2) is 5.11. The maximum absolute atomic E-state index is 11.4. The fourth-order valence-electron chi connectivity index (χ4n) is 1.05. The molecule has 0 aliphatic carbocycles. The van der Waals surface area contributed by atoms with Gasteiger partial charge >= 0.3 is 5.97 Å². The van der Waals surface area contributed by atoms with Crippen molar-refractivity contribution in [3.63, 3.8) is 0 Å². The van der Waals surface area contributed by atoms with E-state index in [1.54, 1.807) is 12.1 Å². The van der Waals surface area contributed by atoms with Gasteiger partial charge in [-0.2, -0.15) is 0 Å². The molecule has 0 atom stereocenters. The van der Waals surface area contributed by atoms with E-state index in [9.17, 15) is 9.59 Å². The summed E-state index contributed by atoms with van der Waals surface area (Å²) in [5, 5.41) is 0. The molecule has 80 valence electrons. The molecule has 1 aromatic rings. The molecule has 0 aliphatic heterocycles. The van der Waals surface area contributed by atoms with Gasteiger partial charge in [0.1, 0.15) is 5.75 Å². The molecule has 0 saturated heterocycles. The molecule has 0 fully saturated rings. The SMILES string of the molecule is CONC(=O)c1ccccc1OC(C)=O. The highest BCUT2D eigenvalue weighted by Gasteiger charge is 2.12. The molecule has 0 unspecified atom stereocenters. The minimum Gasteiger partial charge on any atom is -0.426 e. The van der Waals surface area contributed by atoms with Crippen molar-refractivity contribution in [1.82, 2.24) is 5.48 Å². The number of carbonyl (C=O) groups is 2. The second-order valence-electron chi connectivity index (χ2n) is 2.73. The van der Waals surface area contributed by atoms with Crippen LogP contribution in [0.1, 0.15) is 17.3 Å². The number of esters is 1. The van der Waals surface area contributed by atoms with E-state index in [0.717, 1.165) is 0 Å². The topological polar surface area (TPSA) is 64.6 Å². The van der Waals surface area contributed by atoms with Crippen molar-refractivity contribution in [2.45, 2.75) is 6.92 Å². The van der Waals surface area contributed by atoms with Gasteiger partial charge < -0.3 is 4.74 Å². The van der Waals surface area contributed by atoms with Crippen molar-refractivity contribution < 1.29 is 19.2 Å². The molecule has 0 aromatic heterocycles. The average molecular weight is 209 g/mol. The van der Waals surface area contributed by atoms with E-state index in [4.69, 9.17) is 4.74 Å². The number of para-hydroxylation sites is 1. The van der Waals surface area contributed by atoms with Crippen molar-refractivity contribution in [3.8, 4) is 5.75 Å². The van der Waals surface area contributed by atoms with Crippen molar-refractivity contribution >= 4 is 11.9 Å². The Hall–Kier alpha value is -1.88. The zero-order valence-corrected chi connectivity index (χ0v) is 8.44. The molecule has 0 bridgehead atoms. The highest BCUT2D eigenvalue weighted by Crippen LogP contribution is 2.17. The lowest BCUT2D eigenvalue weighted by Crippen LogP contribution is -2.22. The Morgan fingerprint density at radius 1 is 1.27 bits per heavy atom. The number of benzene rings is 1. The zero-order chi connectivity index (χ0) is 11.3. The third-order valence-corrected chi connectivity index (χ3v) is 1.58. The average Bonchev–Trinajstić information content (AvgIpc) is 2.18. The first-order chi connectivity index (χ1) is 7.15. The van der Waals surface area contributed by atoms with E-state index >= 15 is 0 Å². The molecular weight excluding hydrogens is 198 g/mol. The van der Waals surface area contributed by atoms with Gasteiger partial charge in [-0.05, 0) is 12.1 Å². The zero-order valence-electron chi connectivity index (χ0n) is 8.44. The van der Waals surface area contributed by atoms with Crippen LogP contribution in [0.25, 0.3) is 0 Å². The van der Waals surface area contributed by atoms with Crippen LogP contribution in [0.5, 0.6) is 5.75 Å². The number of hydrogen-bond donors (Lipinski definition) is 1. The number of nitrogens with one attached hydrogen (secondary N) is 1. The monoisotopic (exact) mass is 209 g/mol. The Morgan fingerprint density at radius 3 is 2.53 bits per heavy atom. The van der Waals surface area contributed by atoms with Gasteiger partial charge in [0.2, 0.25) is 0 Å². The number of hydroxylamine groups is 1. The summed E-state index contributed by atoms with van der Waals surface area (Å²) in [6.07, 6.45) is 0. The van der Waals surface area contributed by atoms with Crippen LogP contribution in [0.15, 0.2) is 24.3 Å². The third-order valence-electron chi connectivity index (χ3n) is 1.58. The summed E-state index contributed by atoms with van der Waals surface area (Å²) >= 11 is 0. The number of amides is 1. The summed E-state index contributed by atoms with van der Waals surface area (Å²) in [4.78, 5) is 26.7. The van der Waals surface area contributed by atoms with E-state index in [-0.39, 0.29) is 11.3 Å². The summed E-state index contributed by atoms with van der Waals surface area (Å²) in [5.41, 5.74) is 2.39. The highest BCUT2D eigenvalue weighted by molar-refractivity contribution is 5.96. The van der Waals surface area contributed by atoms with Crippen LogP contribution in [-0.2, 0) is 9.63 Å². The molecule has 0 heterocycles.